The molecule has 1 aliphatic rings. The van der Waals surface area contributed by atoms with Crippen LogP contribution in [0.5, 0.6) is 0 Å². The Kier molecular flexibility index (Phi) is 4.60. The van der Waals surface area contributed by atoms with Crippen molar-refractivity contribution in [1.29, 1.82) is 0 Å². The molecule has 1 aromatic carbocycles. The second-order valence-corrected chi connectivity index (χ2v) is 6.12. The highest BCUT2D eigenvalue weighted by atomic mass is 16.2. The molecule has 0 saturated carbocycles. The van der Waals surface area contributed by atoms with Crippen molar-refractivity contribution in [1.82, 2.24) is 9.88 Å². The first-order chi connectivity index (χ1) is 11.2. The van der Waals surface area contributed by atoms with Crippen LogP contribution < -0.4 is 10.9 Å². The minimum absolute atomic E-state index is 0.0792. The molecule has 0 radical (unpaired) electrons. The van der Waals surface area contributed by atoms with Crippen LogP contribution in [0, 0.1) is 0 Å². The molecule has 3 rings (SSSR count). The van der Waals surface area contributed by atoms with Gasteiger partial charge >= 0.3 is 0 Å². The van der Waals surface area contributed by atoms with Crippen molar-refractivity contribution in [3.8, 4) is 0 Å². The molecule has 0 fully saturated rings. The maximum absolute atomic E-state index is 12.5. The molecule has 1 aliphatic carbocycles. The van der Waals surface area contributed by atoms with E-state index in [4.69, 9.17) is 0 Å². The second kappa shape index (κ2) is 6.82. The summed E-state index contributed by atoms with van der Waals surface area (Å²) in [5.41, 5.74) is 1.92. The third-order valence-corrected chi connectivity index (χ3v) is 4.45. The number of carbonyl (C=O) groups excluding carboxylic acids is 1. The van der Waals surface area contributed by atoms with Gasteiger partial charge in [-0.15, -0.1) is 0 Å². The maximum Gasteiger partial charge on any atom is 0.258 e. The van der Waals surface area contributed by atoms with E-state index in [9.17, 15) is 9.59 Å². The Morgan fingerprint density at radius 3 is 2.74 bits per heavy atom. The van der Waals surface area contributed by atoms with Crippen molar-refractivity contribution in [2.75, 3.05) is 6.54 Å². The summed E-state index contributed by atoms with van der Waals surface area (Å²) in [5.74, 6) is -0.117. The van der Waals surface area contributed by atoms with Crippen LogP contribution in [0.25, 0.3) is 10.8 Å². The number of hydrogen-bond acceptors (Lipinski definition) is 2. The SMILES string of the molecule is Cn1cc(C(=O)NCCC2=CCCCC2)c2ccccc2c1=O. The molecular formula is C19H22N2O2. The van der Waals surface area contributed by atoms with Crippen LogP contribution >= 0.6 is 0 Å². The van der Waals surface area contributed by atoms with Gasteiger partial charge in [-0.05, 0) is 38.2 Å². The normalized spacial score (nSPS) is 14.6. The van der Waals surface area contributed by atoms with E-state index in [1.807, 2.05) is 18.2 Å². The fraction of sp³-hybridized carbons (Fsp3) is 0.368. The van der Waals surface area contributed by atoms with Crippen molar-refractivity contribution < 1.29 is 4.79 Å². The van der Waals surface area contributed by atoms with Crippen molar-refractivity contribution in [3.05, 3.63) is 58.0 Å². The third-order valence-electron chi connectivity index (χ3n) is 4.45. The Hall–Kier alpha value is -2.36. The predicted molar refractivity (Wildman–Crippen MR) is 92.7 cm³/mol. The molecule has 0 unspecified atom stereocenters. The summed E-state index contributed by atoms with van der Waals surface area (Å²) >= 11 is 0. The summed E-state index contributed by atoms with van der Waals surface area (Å²) in [6.45, 7) is 0.641. The van der Waals surface area contributed by atoms with Gasteiger partial charge in [0.1, 0.15) is 0 Å². The van der Waals surface area contributed by atoms with Gasteiger partial charge in [-0.1, -0.05) is 29.8 Å². The fourth-order valence-electron chi connectivity index (χ4n) is 3.16. The van der Waals surface area contributed by atoms with Gasteiger partial charge in [0.2, 0.25) is 0 Å². The van der Waals surface area contributed by atoms with E-state index >= 15 is 0 Å². The molecule has 4 nitrogen and oxygen atoms in total. The summed E-state index contributed by atoms with van der Waals surface area (Å²) in [6.07, 6.45) is 9.69. The number of hydrogen-bond donors (Lipinski definition) is 1. The number of nitrogens with zero attached hydrogens (tertiary/aromatic N) is 1. The summed E-state index contributed by atoms with van der Waals surface area (Å²) in [5, 5.41) is 4.28. The lowest BCUT2D eigenvalue weighted by atomic mass is 9.97. The number of amides is 1. The van der Waals surface area contributed by atoms with Crippen LogP contribution in [-0.4, -0.2) is 17.0 Å². The van der Waals surface area contributed by atoms with Crippen LogP contribution in [0.2, 0.25) is 0 Å². The standard InChI is InChI=1S/C19H22N2O2/c1-21-13-17(15-9-5-6-10-16(15)19(21)23)18(22)20-12-11-14-7-3-2-4-8-14/h5-7,9-10,13H,2-4,8,11-12H2,1H3,(H,20,22). The van der Waals surface area contributed by atoms with Gasteiger partial charge in [0.05, 0.1) is 5.56 Å². The van der Waals surface area contributed by atoms with Crippen LogP contribution in [-0.2, 0) is 7.05 Å². The van der Waals surface area contributed by atoms with E-state index in [0.717, 1.165) is 19.3 Å². The molecule has 1 N–H and O–H groups in total. The fourth-order valence-corrected chi connectivity index (χ4v) is 3.16. The highest BCUT2D eigenvalue weighted by Crippen LogP contribution is 2.19. The number of allylic oxidation sites excluding steroid dienone is 1. The highest BCUT2D eigenvalue weighted by molar-refractivity contribution is 6.06. The Morgan fingerprint density at radius 2 is 2.00 bits per heavy atom. The smallest absolute Gasteiger partial charge is 0.258 e. The largest absolute Gasteiger partial charge is 0.352 e. The zero-order valence-corrected chi connectivity index (χ0v) is 13.5. The first kappa shape index (κ1) is 15.5. The van der Waals surface area contributed by atoms with E-state index < -0.39 is 0 Å². The molecule has 0 spiro atoms. The van der Waals surface area contributed by atoms with Crippen molar-refractivity contribution >= 4 is 16.7 Å². The van der Waals surface area contributed by atoms with Gasteiger partial charge in [0.25, 0.3) is 11.5 Å². The quantitative estimate of drug-likeness (QED) is 0.882. The molecule has 1 aromatic heterocycles. The molecule has 23 heavy (non-hydrogen) atoms. The van der Waals surface area contributed by atoms with Crippen molar-refractivity contribution in [2.24, 2.45) is 7.05 Å². The zero-order valence-electron chi connectivity index (χ0n) is 13.5. The predicted octanol–water partition coefficient (Wildman–Crippen LogP) is 3.16. The molecule has 4 heteroatoms. The Balaban J connectivity index is 1.77. The summed E-state index contributed by atoms with van der Waals surface area (Å²) in [7, 11) is 1.68. The molecule has 0 aliphatic heterocycles. The van der Waals surface area contributed by atoms with Crippen LogP contribution in [0.15, 0.2) is 46.9 Å². The number of fused-ring (bicyclic) bond motifs is 1. The average molecular weight is 310 g/mol. The number of carbonyl (C=O) groups is 1. The monoisotopic (exact) mass is 310 g/mol. The first-order valence-electron chi connectivity index (χ1n) is 8.21. The maximum atomic E-state index is 12.5. The van der Waals surface area contributed by atoms with Gasteiger partial charge in [0, 0.05) is 30.6 Å². The lowest BCUT2D eigenvalue weighted by Crippen LogP contribution is -2.27. The van der Waals surface area contributed by atoms with E-state index in [0.29, 0.717) is 22.9 Å². The van der Waals surface area contributed by atoms with Crippen LogP contribution in [0.3, 0.4) is 0 Å². The lowest BCUT2D eigenvalue weighted by Gasteiger charge is -2.13. The zero-order chi connectivity index (χ0) is 16.2. The highest BCUT2D eigenvalue weighted by Gasteiger charge is 2.13. The Labute approximate surface area is 135 Å². The third kappa shape index (κ3) is 3.36. The summed E-state index contributed by atoms with van der Waals surface area (Å²) in [6, 6.07) is 7.27. The van der Waals surface area contributed by atoms with Crippen molar-refractivity contribution in [2.45, 2.75) is 32.1 Å². The first-order valence-corrected chi connectivity index (χ1v) is 8.21. The van der Waals surface area contributed by atoms with E-state index in [2.05, 4.69) is 11.4 Å². The molecule has 1 amide bonds. The van der Waals surface area contributed by atoms with Gasteiger partial charge in [0.15, 0.2) is 0 Å². The average Bonchev–Trinajstić information content (AvgIpc) is 2.59. The van der Waals surface area contributed by atoms with Gasteiger partial charge in [-0.2, -0.15) is 0 Å². The van der Waals surface area contributed by atoms with Crippen LogP contribution in [0.4, 0.5) is 0 Å². The number of pyridine rings is 1. The molecule has 2 aromatic rings. The van der Waals surface area contributed by atoms with Gasteiger partial charge in [-0.25, -0.2) is 0 Å². The number of rotatable bonds is 4. The summed E-state index contributed by atoms with van der Waals surface area (Å²) < 4.78 is 1.47. The van der Waals surface area contributed by atoms with Crippen LogP contribution in [0.1, 0.15) is 42.5 Å². The molecule has 0 bridgehead atoms. The van der Waals surface area contributed by atoms with E-state index in [-0.39, 0.29) is 11.5 Å². The van der Waals surface area contributed by atoms with E-state index in [1.165, 1.54) is 23.0 Å². The topological polar surface area (TPSA) is 51.1 Å². The van der Waals surface area contributed by atoms with Gasteiger partial charge in [-0.3, -0.25) is 9.59 Å². The minimum Gasteiger partial charge on any atom is -0.352 e. The molecule has 1 heterocycles. The number of aromatic nitrogens is 1. The Bertz CT molecular complexity index is 818. The summed E-state index contributed by atoms with van der Waals surface area (Å²) in [4.78, 5) is 24.7. The second-order valence-electron chi connectivity index (χ2n) is 6.12. The van der Waals surface area contributed by atoms with Crippen molar-refractivity contribution in [3.63, 3.8) is 0 Å². The molecule has 0 saturated heterocycles. The number of benzene rings is 1. The molecule has 0 atom stereocenters. The lowest BCUT2D eigenvalue weighted by molar-refractivity contribution is 0.0955. The Morgan fingerprint density at radius 1 is 1.22 bits per heavy atom. The minimum atomic E-state index is -0.117. The van der Waals surface area contributed by atoms with E-state index in [1.54, 1.807) is 19.3 Å². The number of aryl methyl sites for hydroxylation is 1. The van der Waals surface area contributed by atoms with Gasteiger partial charge < -0.3 is 9.88 Å². The molecular weight excluding hydrogens is 288 g/mol. The molecule has 120 valence electrons. The number of nitrogens with one attached hydrogen (secondary N) is 1.